The van der Waals surface area contributed by atoms with Gasteiger partial charge in [0.15, 0.2) is 5.78 Å². The molecule has 0 bridgehead atoms. The van der Waals surface area contributed by atoms with Crippen LogP contribution in [0.25, 0.3) is 6.08 Å². The van der Waals surface area contributed by atoms with E-state index in [9.17, 15) is 4.79 Å². The summed E-state index contributed by atoms with van der Waals surface area (Å²) in [5.74, 6) is 0.370. The van der Waals surface area contributed by atoms with Crippen LogP contribution in [-0.2, 0) is 11.8 Å². The summed E-state index contributed by atoms with van der Waals surface area (Å²) in [6.07, 6.45) is 6.30. The number of aryl methyl sites for hydroxylation is 1. The number of aliphatic hydroxyl groups is 1. The highest BCUT2D eigenvalue weighted by Gasteiger charge is 1.94. The maximum absolute atomic E-state index is 10.6. The van der Waals surface area contributed by atoms with Gasteiger partial charge in [0.25, 0.3) is 0 Å². The van der Waals surface area contributed by atoms with Gasteiger partial charge in [0.2, 0.25) is 0 Å². The van der Waals surface area contributed by atoms with Crippen LogP contribution in [0.4, 0.5) is 0 Å². The average molecular weight is 166 g/mol. The van der Waals surface area contributed by atoms with Crippen molar-refractivity contribution in [2.75, 3.05) is 6.61 Å². The van der Waals surface area contributed by atoms with E-state index in [1.807, 2.05) is 7.05 Å². The molecule has 1 aromatic rings. The number of aromatic nitrogens is 2. The lowest BCUT2D eigenvalue weighted by molar-refractivity contribution is -0.117. The Labute approximate surface area is 70.2 Å². The molecule has 4 nitrogen and oxygen atoms in total. The molecule has 0 aliphatic heterocycles. The van der Waals surface area contributed by atoms with Crippen molar-refractivity contribution >= 4 is 11.9 Å². The molecule has 0 radical (unpaired) electrons. The fourth-order valence-corrected chi connectivity index (χ4v) is 0.758. The van der Waals surface area contributed by atoms with Crippen LogP contribution in [0.2, 0.25) is 0 Å². The largest absolute Gasteiger partial charge is 0.388 e. The molecule has 0 fully saturated rings. The van der Waals surface area contributed by atoms with E-state index in [-0.39, 0.29) is 5.78 Å². The Morgan fingerprint density at radius 3 is 3.08 bits per heavy atom. The summed E-state index contributed by atoms with van der Waals surface area (Å²) in [7, 11) is 1.83. The standard InChI is InChI=1S/C8H10N2O2/c1-10-5-4-9-8(10)3-2-7(12)6-11/h2-5,11H,6H2,1H3/b3-2+. The number of imidazole rings is 1. The maximum Gasteiger partial charge on any atom is 0.181 e. The summed E-state index contributed by atoms with van der Waals surface area (Å²) in [4.78, 5) is 14.6. The molecule has 1 aromatic heterocycles. The van der Waals surface area contributed by atoms with Crippen molar-refractivity contribution in [1.29, 1.82) is 0 Å². The highest BCUT2D eigenvalue weighted by atomic mass is 16.3. The number of hydrogen-bond acceptors (Lipinski definition) is 3. The molecule has 1 N–H and O–H groups in total. The van der Waals surface area contributed by atoms with Crippen LogP contribution in [0.3, 0.4) is 0 Å². The van der Waals surface area contributed by atoms with Gasteiger partial charge in [0, 0.05) is 19.4 Å². The normalized spacial score (nSPS) is 10.8. The summed E-state index contributed by atoms with van der Waals surface area (Å²) >= 11 is 0. The van der Waals surface area contributed by atoms with E-state index >= 15 is 0 Å². The van der Waals surface area contributed by atoms with Crippen molar-refractivity contribution in [2.45, 2.75) is 0 Å². The van der Waals surface area contributed by atoms with Gasteiger partial charge in [-0.2, -0.15) is 0 Å². The number of hydrogen-bond donors (Lipinski definition) is 1. The molecule has 0 aromatic carbocycles. The number of ketones is 1. The minimum atomic E-state index is -0.457. The number of nitrogens with zero attached hydrogens (tertiary/aromatic N) is 2. The molecule has 0 saturated heterocycles. The number of aliphatic hydroxyl groups excluding tert-OH is 1. The molecule has 0 amide bonds. The van der Waals surface area contributed by atoms with E-state index in [4.69, 9.17) is 5.11 Å². The van der Waals surface area contributed by atoms with Gasteiger partial charge in [0.1, 0.15) is 12.4 Å². The Balaban J connectivity index is 2.69. The first-order valence-electron chi connectivity index (χ1n) is 3.53. The van der Waals surface area contributed by atoms with Gasteiger partial charge >= 0.3 is 0 Å². The van der Waals surface area contributed by atoms with Crippen molar-refractivity contribution in [1.82, 2.24) is 9.55 Å². The Kier molecular flexibility index (Phi) is 2.76. The molecule has 0 aliphatic rings. The van der Waals surface area contributed by atoms with Gasteiger partial charge in [-0.3, -0.25) is 4.79 Å². The molecule has 0 unspecified atom stereocenters. The molecular weight excluding hydrogens is 156 g/mol. The minimum absolute atomic E-state index is 0.321. The Hall–Kier alpha value is -1.42. The summed E-state index contributed by atoms with van der Waals surface area (Å²) in [5, 5.41) is 8.40. The predicted molar refractivity (Wildman–Crippen MR) is 44.3 cm³/mol. The lowest BCUT2D eigenvalue weighted by Gasteiger charge is -1.92. The number of rotatable bonds is 3. The first kappa shape index (κ1) is 8.67. The first-order valence-corrected chi connectivity index (χ1v) is 3.53. The molecule has 4 heteroatoms. The van der Waals surface area contributed by atoms with E-state index < -0.39 is 6.61 Å². The van der Waals surface area contributed by atoms with Crippen LogP contribution in [0, 0.1) is 0 Å². The zero-order valence-corrected chi connectivity index (χ0v) is 6.77. The zero-order valence-electron chi connectivity index (χ0n) is 6.77. The molecule has 64 valence electrons. The second-order valence-corrected chi connectivity index (χ2v) is 2.35. The third kappa shape index (κ3) is 2.03. The summed E-state index contributed by atoms with van der Waals surface area (Å²) in [5.41, 5.74) is 0. The minimum Gasteiger partial charge on any atom is -0.388 e. The Morgan fingerprint density at radius 1 is 1.83 bits per heavy atom. The van der Waals surface area contributed by atoms with Crippen molar-refractivity contribution < 1.29 is 9.90 Å². The van der Waals surface area contributed by atoms with Gasteiger partial charge in [0.05, 0.1) is 0 Å². The highest BCUT2D eigenvalue weighted by Crippen LogP contribution is 1.96. The maximum atomic E-state index is 10.6. The van der Waals surface area contributed by atoms with E-state index in [2.05, 4.69) is 4.98 Å². The fourth-order valence-electron chi connectivity index (χ4n) is 0.758. The third-order valence-electron chi connectivity index (χ3n) is 1.43. The van der Waals surface area contributed by atoms with E-state index in [0.717, 1.165) is 0 Å². The average Bonchev–Trinajstić information content (AvgIpc) is 2.47. The van der Waals surface area contributed by atoms with Crippen LogP contribution in [0.5, 0.6) is 0 Å². The van der Waals surface area contributed by atoms with Gasteiger partial charge in [-0.1, -0.05) is 0 Å². The van der Waals surface area contributed by atoms with Gasteiger partial charge in [-0.25, -0.2) is 4.98 Å². The fraction of sp³-hybridized carbons (Fsp3) is 0.250. The van der Waals surface area contributed by atoms with E-state index in [1.165, 1.54) is 6.08 Å². The molecule has 1 heterocycles. The zero-order chi connectivity index (χ0) is 8.97. The van der Waals surface area contributed by atoms with Crippen LogP contribution in [-0.4, -0.2) is 27.0 Å². The number of carbonyl (C=O) groups excluding carboxylic acids is 1. The molecule has 1 rings (SSSR count). The van der Waals surface area contributed by atoms with Gasteiger partial charge in [-0.15, -0.1) is 0 Å². The second-order valence-electron chi connectivity index (χ2n) is 2.35. The highest BCUT2D eigenvalue weighted by molar-refractivity contribution is 5.93. The van der Waals surface area contributed by atoms with Crippen molar-refractivity contribution in [3.63, 3.8) is 0 Å². The van der Waals surface area contributed by atoms with Crippen molar-refractivity contribution in [3.05, 3.63) is 24.3 Å². The molecule has 0 spiro atoms. The lowest BCUT2D eigenvalue weighted by atomic mass is 10.3. The summed E-state index contributed by atoms with van der Waals surface area (Å²) in [6, 6.07) is 0. The first-order chi connectivity index (χ1) is 5.74. The summed E-state index contributed by atoms with van der Waals surface area (Å²) < 4.78 is 1.78. The van der Waals surface area contributed by atoms with Crippen LogP contribution >= 0.6 is 0 Å². The van der Waals surface area contributed by atoms with Crippen molar-refractivity contribution in [2.24, 2.45) is 7.05 Å². The predicted octanol–water partition coefficient (Wildman–Crippen LogP) is -0.00530. The third-order valence-corrected chi connectivity index (χ3v) is 1.43. The molecule has 0 saturated carbocycles. The summed E-state index contributed by atoms with van der Waals surface area (Å²) in [6.45, 7) is -0.457. The van der Waals surface area contributed by atoms with Gasteiger partial charge in [-0.05, 0) is 12.2 Å². The molecular formula is C8H10N2O2. The van der Waals surface area contributed by atoms with Crippen LogP contribution in [0.1, 0.15) is 5.82 Å². The number of carbonyl (C=O) groups is 1. The van der Waals surface area contributed by atoms with Crippen LogP contribution in [0.15, 0.2) is 18.5 Å². The lowest BCUT2D eigenvalue weighted by Crippen LogP contribution is -1.98. The van der Waals surface area contributed by atoms with E-state index in [1.54, 1.807) is 23.0 Å². The molecule has 0 atom stereocenters. The topological polar surface area (TPSA) is 55.1 Å². The smallest absolute Gasteiger partial charge is 0.181 e. The monoisotopic (exact) mass is 166 g/mol. The SMILES string of the molecule is Cn1ccnc1/C=C/C(=O)CO. The quantitative estimate of drug-likeness (QED) is 0.643. The molecule has 12 heavy (non-hydrogen) atoms. The van der Waals surface area contributed by atoms with E-state index in [0.29, 0.717) is 5.82 Å². The van der Waals surface area contributed by atoms with Crippen molar-refractivity contribution in [3.8, 4) is 0 Å². The van der Waals surface area contributed by atoms with Crippen LogP contribution < -0.4 is 0 Å². The second kappa shape index (κ2) is 3.82. The Morgan fingerprint density at radius 2 is 2.58 bits per heavy atom. The van der Waals surface area contributed by atoms with Gasteiger partial charge < -0.3 is 9.67 Å². The molecule has 0 aliphatic carbocycles. The Bertz CT molecular complexity index is 302.